The second-order valence-corrected chi connectivity index (χ2v) is 23.0. The fourth-order valence-corrected chi connectivity index (χ4v) is 11.8. The van der Waals surface area contributed by atoms with E-state index in [9.17, 15) is 0 Å². The highest BCUT2D eigenvalue weighted by atomic mass is 14.9. The Labute approximate surface area is 471 Å². The van der Waals surface area contributed by atoms with Crippen LogP contribution in [0.2, 0.25) is 0 Å². The molecule has 0 fully saturated rings. The van der Waals surface area contributed by atoms with Gasteiger partial charge in [-0.25, -0.2) is 15.0 Å². The van der Waals surface area contributed by atoms with E-state index in [1.165, 1.54) is 214 Å². The molecule has 0 atom stereocenters. The Morgan fingerprint density at radius 1 is 0.321 bits per heavy atom. The largest absolute Gasteiger partial charge is 0.254 e. The predicted octanol–water partition coefficient (Wildman–Crippen LogP) is 22.1. The van der Waals surface area contributed by atoms with Crippen molar-refractivity contribution < 1.29 is 0 Å². The van der Waals surface area contributed by atoms with Gasteiger partial charge in [0.2, 0.25) is 0 Å². The summed E-state index contributed by atoms with van der Waals surface area (Å²) in [6, 6.07) is 43.8. The zero-order valence-electron chi connectivity index (χ0n) is 49.1. The molecule has 0 saturated carbocycles. The molecule has 0 amide bonds. The summed E-state index contributed by atoms with van der Waals surface area (Å²) in [4.78, 5) is 21.7. The second kappa shape index (κ2) is 31.0. The third kappa shape index (κ3) is 16.3. The summed E-state index contributed by atoms with van der Waals surface area (Å²) in [6.07, 6.45) is 36.6. The molecular formula is C74H94N4. The Morgan fingerprint density at radius 2 is 0.731 bits per heavy atom. The molecule has 0 N–H and O–H groups in total. The molecule has 5 aromatic carbocycles. The number of hydrogen-bond acceptors (Lipinski definition) is 4. The van der Waals surface area contributed by atoms with Crippen molar-refractivity contribution >= 4 is 21.8 Å². The summed E-state index contributed by atoms with van der Waals surface area (Å²) in [5, 5.41) is 2.16. The van der Waals surface area contributed by atoms with Crippen LogP contribution in [-0.4, -0.2) is 19.9 Å². The molecular weight excluding hydrogens is 945 g/mol. The van der Waals surface area contributed by atoms with E-state index in [-0.39, 0.29) is 0 Å². The highest BCUT2D eigenvalue weighted by molar-refractivity contribution is 6.03. The van der Waals surface area contributed by atoms with Crippen molar-refractivity contribution in [2.75, 3.05) is 0 Å². The van der Waals surface area contributed by atoms with Gasteiger partial charge in [0.15, 0.2) is 5.82 Å². The normalized spacial score (nSPS) is 11.6. The fraction of sp³-hybridized carbons (Fsp3) is 0.459. The zero-order chi connectivity index (χ0) is 54.3. The van der Waals surface area contributed by atoms with E-state index in [2.05, 4.69) is 151 Å². The first-order chi connectivity index (χ1) is 38.4. The standard InChI is InChI=1S/C74H94N4/c1-7-11-15-19-23-27-32-62-51-67(63(50-56(62)6)33-28-24-20-16-12-8-2)70-54-71(78-74(77-70)69-48-47-61-46-45-60-36-31-49-75-72(60)73(61)76-69)68-53-64(34-29-25-21-17-13-9-3)66(52-65(68)35-30-26-22-18-14-10-4)59-43-41-58(42-44-59)57-39-37-55(5)38-40-57/h31,36-54H,7-30,32-35H2,1-6H3. The quantitative estimate of drug-likeness (QED) is 0.0304. The van der Waals surface area contributed by atoms with E-state index in [4.69, 9.17) is 19.9 Å². The minimum atomic E-state index is 0.680. The molecule has 4 nitrogen and oxygen atoms in total. The highest BCUT2D eigenvalue weighted by Gasteiger charge is 2.21. The Morgan fingerprint density at radius 3 is 1.27 bits per heavy atom. The van der Waals surface area contributed by atoms with E-state index in [1.54, 1.807) is 0 Å². The van der Waals surface area contributed by atoms with E-state index < -0.39 is 0 Å². The fourth-order valence-electron chi connectivity index (χ4n) is 11.8. The molecule has 0 saturated heterocycles. The van der Waals surface area contributed by atoms with Crippen LogP contribution in [0.4, 0.5) is 0 Å². The minimum absolute atomic E-state index is 0.680. The smallest absolute Gasteiger partial charge is 0.179 e. The number of nitrogens with zero attached hydrogens (tertiary/aromatic N) is 4. The molecule has 410 valence electrons. The third-order valence-corrected chi connectivity index (χ3v) is 16.6. The molecule has 3 aromatic heterocycles. The van der Waals surface area contributed by atoms with Crippen LogP contribution in [0.25, 0.3) is 78.1 Å². The molecule has 78 heavy (non-hydrogen) atoms. The van der Waals surface area contributed by atoms with Gasteiger partial charge in [-0.3, -0.25) is 4.98 Å². The predicted molar refractivity (Wildman–Crippen MR) is 338 cm³/mol. The zero-order valence-corrected chi connectivity index (χ0v) is 49.1. The van der Waals surface area contributed by atoms with Gasteiger partial charge in [0.25, 0.3) is 0 Å². The summed E-state index contributed by atoms with van der Waals surface area (Å²) in [5.74, 6) is 0.680. The van der Waals surface area contributed by atoms with Gasteiger partial charge in [-0.15, -0.1) is 0 Å². The van der Waals surface area contributed by atoms with Crippen LogP contribution in [0.1, 0.15) is 215 Å². The molecule has 8 aromatic rings. The maximum absolute atomic E-state index is 5.71. The molecule has 0 unspecified atom stereocenters. The van der Waals surface area contributed by atoms with Crippen molar-refractivity contribution in [1.29, 1.82) is 0 Å². The number of pyridine rings is 2. The lowest BCUT2D eigenvalue weighted by molar-refractivity contribution is 0.605. The van der Waals surface area contributed by atoms with Crippen molar-refractivity contribution in [3.05, 3.63) is 155 Å². The van der Waals surface area contributed by atoms with Gasteiger partial charge >= 0.3 is 0 Å². The first kappa shape index (κ1) is 58.2. The molecule has 0 aliphatic carbocycles. The van der Waals surface area contributed by atoms with Crippen LogP contribution < -0.4 is 0 Å². The van der Waals surface area contributed by atoms with E-state index in [0.717, 1.165) is 71.0 Å². The van der Waals surface area contributed by atoms with Crippen molar-refractivity contribution in [2.45, 2.75) is 221 Å². The van der Waals surface area contributed by atoms with Gasteiger partial charge in [-0.1, -0.05) is 247 Å². The van der Waals surface area contributed by atoms with Gasteiger partial charge in [0, 0.05) is 28.1 Å². The van der Waals surface area contributed by atoms with Crippen molar-refractivity contribution in [2.24, 2.45) is 0 Å². The molecule has 0 aliphatic rings. The Kier molecular flexibility index (Phi) is 23.1. The lowest BCUT2D eigenvalue weighted by atomic mass is 9.87. The Hall–Kier alpha value is -6.00. The van der Waals surface area contributed by atoms with Gasteiger partial charge < -0.3 is 0 Å². The number of benzene rings is 5. The number of aryl methyl sites for hydroxylation is 6. The Bertz CT molecular complexity index is 3090. The van der Waals surface area contributed by atoms with Gasteiger partial charge in [0.05, 0.1) is 22.4 Å². The average Bonchev–Trinajstić information content (AvgIpc) is 3.54. The van der Waals surface area contributed by atoms with Gasteiger partial charge in [-0.2, -0.15) is 0 Å². The monoisotopic (exact) mass is 1040 g/mol. The molecule has 3 heterocycles. The summed E-state index contributed by atoms with van der Waals surface area (Å²) < 4.78 is 0. The third-order valence-electron chi connectivity index (χ3n) is 16.6. The molecule has 8 rings (SSSR count). The van der Waals surface area contributed by atoms with E-state index >= 15 is 0 Å². The summed E-state index contributed by atoms with van der Waals surface area (Å²) >= 11 is 0. The van der Waals surface area contributed by atoms with Gasteiger partial charge in [-0.05, 0) is 146 Å². The molecule has 0 bridgehead atoms. The maximum Gasteiger partial charge on any atom is 0.179 e. The van der Waals surface area contributed by atoms with Crippen LogP contribution in [-0.2, 0) is 25.7 Å². The average molecular weight is 1040 g/mol. The van der Waals surface area contributed by atoms with Crippen LogP contribution in [0.3, 0.4) is 0 Å². The van der Waals surface area contributed by atoms with E-state index in [0.29, 0.717) is 5.82 Å². The Balaban J connectivity index is 1.31. The summed E-state index contributed by atoms with van der Waals surface area (Å²) in [5.41, 5.74) is 20.7. The van der Waals surface area contributed by atoms with Crippen LogP contribution in [0.5, 0.6) is 0 Å². The van der Waals surface area contributed by atoms with Crippen LogP contribution in [0.15, 0.2) is 121 Å². The van der Waals surface area contributed by atoms with Crippen LogP contribution >= 0.6 is 0 Å². The number of aromatic nitrogens is 4. The minimum Gasteiger partial charge on any atom is -0.254 e. The number of unbranched alkanes of at least 4 members (excludes halogenated alkanes) is 20. The van der Waals surface area contributed by atoms with E-state index in [1.807, 2.05) is 12.3 Å². The number of hydrogen-bond donors (Lipinski definition) is 0. The van der Waals surface area contributed by atoms with Crippen molar-refractivity contribution in [3.8, 4) is 56.3 Å². The van der Waals surface area contributed by atoms with Crippen LogP contribution in [0, 0.1) is 13.8 Å². The number of rotatable bonds is 33. The SMILES string of the molecule is CCCCCCCCc1cc(-c2cc(-c3cc(CCCCCCCC)c(-c4ccc(-c5ccc(C)cc5)cc4)cc3CCCCCCCC)nc(-c3ccc4ccc5cccnc5c4n3)n2)c(CCCCCCCC)cc1C. The first-order valence-electron chi connectivity index (χ1n) is 31.4. The summed E-state index contributed by atoms with van der Waals surface area (Å²) in [7, 11) is 0. The lowest BCUT2D eigenvalue weighted by Gasteiger charge is -2.20. The lowest BCUT2D eigenvalue weighted by Crippen LogP contribution is -2.04. The second-order valence-electron chi connectivity index (χ2n) is 23.0. The first-order valence-corrected chi connectivity index (χ1v) is 31.4. The van der Waals surface area contributed by atoms with Crippen molar-refractivity contribution in [1.82, 2.24) is 19.9 Å². The maximum atomic E-state index is 5.71. The highest BCUT2D eigenvalue weighted by Crippen LogP contribution is 2.39. The molecule has 0 radical (unpaired) electrons. The molecule has 4 heteroatoms. The van der Waals surface area contributed by atoms with Gasteiger partial charge in [0.1, 0.15) is 5.69 Å². The topological polar surface area (TPSA) is 51.6 Å². The molecule has 0 aliphatic heterocycles. The number of fused-ring (bicyclic) bond motifs is 3. The summed E-state index contributed by atoms with van der Waals surface area (Å²) in [6.45, 7) is 13.8. The molecule has 0 spiro atoms. The van der Waals surface area contributed by atoms with Crippen molar-refractivity contribution in [3.63, 3.8) is 0 Å².